The number of carbonyl (C=O) groups is 1. The summed E-state index contributed by atoms with van der Waals surface area (Å²) in [6.07, 6.45) is 3.65. The molecule has 1 N–H and O–H groups in total. The number of aryl methyl sites for hydroxylation is 1. The summed E-state index contributed by atoms with van der Waals surface area (Å²) in [5.41, 5.74) is 3.21. The van der Waals surface area contributed by atoms with Crippen LogP contribution in [0.2, 0.25) is 0 Å². The molecule has 0 bridgehead atoms. The number of hydrogen-bond donors (Lipinski definition) is 1. The molecule has 1 amide bonds. The van der Waals surface area contributed by atoms with E-state index < -0.39 is 0 Å². The molecule has 4 rings (SSSR count). The Morgan fingerprint density at radius 2 is 1.83 bits per heavy atom. The first-order chi connectivity index (χ1) is 14.6. The molecule has 2 aromatic carbocycles. The minimum atomic E-state index is -0.291. The van der Waals surface area contributed by atoms with Crippen LogP contribution in [-0.4, -0.2) is 25.2 Å². The fourth-order valence-electron chi connectivity index (χ4n) is 3.43. The molecule has 2 heterocycles. The second kappa shape index (κ2) is 8.32. The number of carbonyl (C=O) groups excluding carboxylic acids is 1. The summed E-state index contributed by atoms with van der Waals surface area (Å²) >= 11 is 0. The first kappa shape index (κ1) is 19.6. The van der Waals surface area contributed by atoms with E-state index in [4.69, 9.17) is 0 Å². The first-order valence-corrected chi connectivity index (χ1v) is 9.91. The Morgan fingerprint density at radius 3 is 2.53 bits per heavy atom. The second-order valence-corrected chi connectivity index (χ2v) is 7.25. The van der Waals surface area contributed by atoms with Crippen LogP contribution in [-0.2, 0) is 11.3 Å². The Labute approximate surface area is 174 Å². The Bertz CT molecular complexity index is 1230. The molecule has 2 aromatic heterocycles. The van der Waals surface area contributed by atoms with Crippen LogP contribution in [0, 0.1) is 6.92 Å². The van der Waals surface area contributed by atoms with Gasteiger partial charge < -0.3 is 5.32 Å². The lowest BCUT2D eigenvalue weighted by Gasteiger charge is -2.18. The molecule has 0 aliphatic carbocycles. The molecule has 0 aliphatic rings. The van der Waals surface area contributed by atoms with Crippen molar-refractivity contribution >= 4 is 16.9 Å². The number of hydrogen-bond acceptors (Lipinski definition) is 4. The highest BCUT2D eigenvalue weighted by Gasteiger charge is 2.16. The van der Waals surface area contributed by atoms with Gasteiger partial charge in [0.1, 0.15) is 18.3 Å². The maximum atomic E-state index is 12.9. The third-order valence-corrected chi connectivity index (χ3v) is 5.09. The van der Waals surface area contributed by atoms with Crippen molar-refractivity contribution in [1.82, 2.24) is 24.6 Å². The van der Waals surface area contributed by atoms with Crippen molar-refractivity contribution in [3.8, 4) is 5.69 Å². The fraction of sp³-hybridized carbons (Fsp3) is 0.217. The number of nitrogens with zero attached hydrogens (tertiary/aromatic N) is 4. The average molecular weight is 401 g/mol. The van der Waals surface area contributed by atoms with E-state index in [1.165, 1.54) is 22.7 Å². The van der Waals surface area contributed by atoms with Gasteiger partial charge in [-0.3, -0.25) is 14.2 Å². The lowest BCUT2D eigenvalue weighted by molar-refractivity contribution is -0.122. The smallest absolute Gasteiger partial charge is 0.264 e. The molecule has 0 aliphatic heterocycles. The van der Waals surface area contributed by atoms with Gasteiger partial charge in [-0.25, -0.2) is 9.67 Å². The average Bonchev–Trinajstić information content (AvgIpc) is 3.20. The summed E-state index contributed by atoms with van der Waals surface area (Å²) < 4.78 is 2.93. The molecule has 0 radical (unpaired) electrons. The summed E-state index contributed by atoms with van der Waals surface area (Å²) in [7, 11) is 0. The molecule has 0 saturated carbocycles. The Morgan fingerprint density at radius 1 is 1.10 bits per heavy atom. The van der Waals surface area contributed by atoms with Crippen molar-refractivity contribution in [2.45, 2.75) is 32.9 Å². The summed E-state index contributed by atoms with van der Waals surface area (Å²) in [5.74, 6) is -0.235. The molecular formula is C23H23N5O2. The van der Waals surface area contributed by atoms with Crippen LogP contribution in [0.25, 0.3) is 16.7 Å². The van der Waals surface area contributed by atoms with Crippen molar-refractivity contribution in [2.24, 2.45) is 0 Å². The Balaban J connectivity index is 1.55. The molecule has 1 atom stereocenters. The van der Waals surface area contributed by atoms with Gasteiger partial charge in [0.2, 0.25) is 5.91 Å². The number of para-hydroxylation sites is 1. The van der Waals surface area contributed by atoms with Gasteiger partial charge in [-0.15, -0.1) is 0 Å². The highest BCUT2D eigenvalue weighted by Crippen LogP contribution is 2.17. The van der Waals surface area contributed by atoms with Crippen molar-refractivity contribution in [3.63, 3.8) is 0 Å². The predicted octanol–water partition coefficient (Wildman–Crippen LogP) is 3.16. The van der Waals surface area contributed by atoms with Crippen LogP contribution in [0.15, 0.2) is 71.9 Å². The number of nitrogens with one attached hydrogen (secondary N) is 1. The maximum Gasteiger partial charge on any atom is 0.264 e. The molecular weight excluding hydrogens is 378 g/mol. The van der Waals surface area contributed by atoms with Crippen LogP contribution in [0.4, 0.5) is 0 Å². The molecule has 0 spiro atoms. The van der Waals surface area contributed by atoms with Gasteiger partial charge in [-0.2, -0.15) is 5.10 Å². The Kier molecular flexibility index (Phi) is 5.43. The zero-order chi connectivity index (χ0) is 21.1. The van der Waals surface area contributed by atoms with E-state index in [-0.39, 0.29) is 24.1 Å². The predicted molar refractivity (Wildman–Crippen MR) is 115 cm³/mol. The molecule has 7 heteroatoms. The molecule has 7 nitrogen and oxygen atoms in total. The minimum Gasteiger partial charge on any atom is -0.348 e. The maximum absolute atomic E-state index is 12.9. The van der Waals surface area contributed by atoms with E-state index in [9.17, 15) is 9.59 Å². The normalized spacial score (nSPS) is 12.1. The second-order valence-electron chi connectivity index (χ2n) is 7.25. The molecule has 4 aromatic rings. The summed E-state index contributed by atoms with van der Waals surface area (Å²) in [6, 6.07) is 17.5. The SMILES string of the molecule is CC[C@@H](NC(=O)Cn1cnc2c(cnn2-c2ccccc2)c1=O)c1ccc(C)cc1. The van der Waals surface area contributed by atoms with Gasteiger partial charge in [-0.1, -0.05) is 55.0 Å². The monoisotopic (exact) mass is 401 g/mol. The zero-order valence-corrected chi connectivity index (χ0v) is 16.9. The van der Waals surface area contributed by atoms with Gasteiger partial charge in [0.15, 0.2) is 5.65 Å². The molecule has 0 saturated heterocycles. The van der Waals surface area contributed by atoms with E-state index in [1.807, 2.05) is 68.4 Å². The van der Waals surface area contributed by atoms with Gasteiger partial charge in [0, 0.05) is 0 Å². The topological polar surface area (TPSA) is 81.8 Å². The first-order valence-electron chi connectivity index (χ1n) is 9.91. The summed E-state index contributed by atoms with van der Waals surface area (Å²) in [6.45, 7) is 3.95. The lowest BCUT2D eigenvalue weighted by Crippen LogP contribution is -2.34. The van der Waals surface area contributed by atoms with E-state index in [2.05, 4.69) is 15.4 Å². The highest BCUT2D eigenvalue weighted by molar-refractivity contribution is 5.78. The van der Waals surface area contributed by atoms with Crippen molar-refractivity contribution in [2.75, 3.05) is 0 Å². The standard InChI is InChI=1S/C23H23N5O2/c1-3-20(17-11-9-16(2)10-12-17)26-21(29)14-27-15-24-22-19(23(27)30)13-25-28(22)18-7-5-4-6-8-18/h4-13,15,20H,3,14H2,1-2H3,(H,26,29)/t20-/m1/s1. The van der Waals surface area contributed by atoms with Gasteiger partial charge in [0.05, 0.1) is 17.9 Å². The van der Waals surface area contributed by atoms with Crippen LogP contribution >= 0.6 is 0 Å². The van der Waals surface area contributed by atoms with E-state index in [0.29, 0.717) is 11.0 Å². The van der Waals surface area contributed by atoms with Crippen LogP contribution in [0.1, 0.15) is 30.5 Å². The summed E-state index contributed by atoms with van der Waals surface area (Å²) in [4.78, 5) is 29.9. The van der Waals surface area contributed by atoms with Crippen molar-refractivity contribution in [1.29, 1.82) is 0 Å². The van der Waals surface area contributed by atoms with Gasteiger partial charge in [0.25, 0.3) is 5.56 Å². The number of rotatable bonds is 6. The molecule has 30 heavy (non-hydrogen) atoms. The Hall–Kier alpha value is -3.74. The van der Waals surface area contributed by atoms with Crippen molar-refractivity contribution in [3.05, 3.63) is 88.6 Å². The van der Waals surface area contributed by atoms with Crippen LogP contribution < -0.4 is 10.9 Å². The summed E-state index contributed by atoms with van der Waals surface area (Å²) in [5, 5.41) is 7.68. The largest absolute Gasteiger partial charge is 0.348 e. The number of amides is 1. The third kappa shape index (κ3) is 3.87. The van der Waals surface area contributed by atoms with E-state index in [0.717, 1.165) is 17.7 Å². The van der Waals surface area contributed by atoms with Gasteiger partial charge >= 0.3 is 0 Å². The zero-order valence-electron chi connectivity index (χ0n) is 16.9. The molecule has 0 unspecified atom stereocenters. The molecule has 152 valence electrons. The number of aromatic nitrogens is 4. The third-order valence-electron chi connectivity index (χ3n) is 5.09. The fourth-order valence-corrected chi connectivity index (χ4v) is 3.43. The van der Waals surface area contributed by atoms with E-state index in [1.54, 1.807) is 4.68 Å². The highest BCUT2D eigenvalue weighted by atomic mass is 16.2. The number of fused-ring (bicyclic) bond motifs is 1. The molecule has 0 fully saturated rings. The van der Waals surface area contributed by atoms with Crippen molar-refractivity contribution < 1.29 is 4.79 Å². The van der Waals surface area contributed by atoms with Gasteiger partial charge in [-0.05, 0) is 31.0 Å². The van der Waals surface area contributed by atoms with E-state index >= 15 is 0 Å². The number of benzene rings is 2. The quantitative estimate of drug-likeness (QED) is 0.538. The minimum absolute atomic E-state index is 0.0966. The van der Waals surface area contributed by atoms with Crippen LogP contribution in [0.5, 0.6) is 0 Å². The lowest BCUT2D eigenvalue weighted by atomic mass is 10.0. The van der Waals surface area contributed by atoms with Crippen LogP contribution in [0.3, 0.4) is 0 Å².